The standard InChI is InChI=1S/C25H25Cl4N/c26-22(24(28)20-12-6-2-7-13-20)17-30(16-19-10-4-1-5-11-19)18-23(27)25(29)21-14-8-3-9-15-21/h1-15,22-25H,16-18H2. The lowest BCUT2D eigenvalue weighted by atomic mass is 10.1. The zero-order valence-corrected chi connectivity index (χ0v) is 19.6. The highest BCUT2D eigenvalue weighted by atomic mass is 35.5. The number of rotatable bonds is 10. The maximum atomic E-state index is 6.76. The van der Waals surface area contributed by atoms with Crippen molar-refractivity contribution in [3.05, 3.63) is 108 Å². The van der Waals surface area contributed by atoms with Crippen molar-refractivity contribution >= 4 is 46.4 Å². The van der Waals surface area contributed by atoms with Gasteiger partial charge in [-0.2, -0.15) is 0 Å². The summed E-state index contributed by atoms with van der Waals surface area (Å²) in [5.74, 6) is 0. The summed E-state index contributed by atoms with van der Waals surface area (Å²) in [5.41, 5.74) is 3.23. The molecule has 4 unspecified atom stereocenters. The highest BCUT2D eigenvalue weighted by molar-refractivity contribution is 6.30. The average molecular weight is 481 g/mol. The number of alkyl halides is 4. The normalized spacial score (nSPS) is 15.5. The Kier molecular flexibility index (Phi) is 9.36. The van der Waals surface area contributed by atoms with Crippen molar-refractivity contribution in [2.24, 2.45) is 0 Å². The van der Waals surface area contributed by atoms with Crippen LogP contribution in [0.4, 0.5) is 0 Å². The van der Waals surface area contributed by atoms with Crippen LogP contribution in [0.25, 0.3) is 0 Å². The molecular weight excluding hydrogens is 456 g/mol. The predicted molar refractivity (Wildman–Crippen MR) is 131 cm³/mol. The molecule has 1 nitrogen and oxygen atoms in total. The molecule has 0 spiro atoms. The Morgan fingerprint density at radius 2 is 0.900 bits per heavy atom. The summed E-state index contributed by atoms with van der Waals surface area (Å²) < 4.78 is 0. The number of halogens is 4. The molecule has 3 aromatic rings. The van der Waals surface area contributed by atoms with E-state index in [1.165, 1.54) is 5.56 Å². The number of hydrogen-bond donors (Lipinski definition) is 0. The summed E-state index contributed by atoms with van der Waals surface area (Å²) in [5, 5.41) is -1.12. The second-order valence-corrected chi connectivity index (χ2v) is 9.40. The third-order valence-corrected chi connectivity index (χ3v) is 7.14. The molecule has 4 atom stereocenters. The van der Waals surface area contributed by atoms with Gasteiger partial charge in [0.2, 0.25) is 0 Å². The zero-order chi connectivity index (χ0) is 21.3. The average Bonchev–Trinajstić information content (AvgIpc) is 2.79. The van der Waals surface area contributed by atoms with Gasteiger partial charge < -0.3 is 0 Å². The van der Waals surface area contributed by atoms with E-state index in [1.54, 1.807) is 0 Å². The van der Waals surface area contributed by atoms with Crippen LogP contribution in [0.1, 0.15) is 27.4 Å². The Labute approximate surface area is 199 Å². The van der Waals surface area contributed by atoms with Gasteiger partial charge in [-0.25, -0.2) is 0 Å². The van der Waals surface area contributed by atoms with Crippen LogP contribution in [-0.4, -0.2) is 28.7 Å². The molecule has 0 heterocycles. The molecule has 158 valence electrons. The van der Waals surface area contributed by atoms with Crippen LogP contribution in [0.5, 0.6) is 0 Å². The smallest absolute Gasteiger partial charge is 0.0761 e. The van der Waals surface area contributed by atoms with Gasteiger partial charge in [-0.05, 0) is 16.7 Å². The Hall–Kier alpha value is -1.22. The van der Waals surface area contributed by atoms with Gasteiger partial charge in [-0.1, -0.05) is 91.0 Å². The molecule has 0 aliphatic heterocycles. The van der Waals surface area contributed by atoms with Crippen LogP contribution in [0.3, 0.4) is 0 Å². The quantitative estimate of drug-likeness (QED) is 0.269. The summed E-state index contributed by atoms with van der Waals surface area (Å²) in [7, 11) is 0. The van der Waals surface area contributed by atoms with Crippen LogP contribution in [0, 0.1) is 0 Å². The summed E-state index contributed by atoms with van der Waals surface area (Å²) in [6.07, 6.45) is 0. The molecule has 30 heavy (non-hydrogen) atoms. The van der Waals surface area contributed by atoms with E-state index in [2.05, 4.69) is 17.0 Å². The first kappa shape index (κ1) is 23.4. The van der Waals surface area contributed by atoms with Crippen molar-refractivity contribution < 1.29 is 0 Å². The molecule has 0 radical (unpaired) electrons. The molecule has 0 saturated heterocycles. The first-order valence-electron chi connectivity index (χ1n) is 9.97. The number of benzene rings is 3. The Bertz CT molecular complexity index is 807. The molecule has 0 amide bonds. The molecular formula is C25H25Cl4N. The monoisotopic (exact) mass is 479 g/mol. The van der Waals surface area contributed by atoms with E-state index < -0.39 is 0 Å². The lowest BCUT2D eigenvalue weighted by Gasteiger charge is -2.30. The minimum Gasteiger partial charge on any atom is -0.296 e. The van der Waals surface area contributed by atoms with Gasteiger partial charge in [0.15, 0.2) is 0 Å². The van der Waals surface area contributed by atoms with Crippen LogP contribution in [0.2, 0.25) is 0 Å². The van der Waals surface area contributed by atoms with Crippen LogP contribution in [0.15, 0.2) is 91.0 Å². The fraction of sp³-hybridized carbons (Fsp3) is 0.280. The predicted octanol–water partition coefficient (Wildman–Crippen LogP) is 7.66. The van der Waals surface area contributed by atoms with Gasteiger partial charge in [0.1, 0.15) is 0 Å². The molecule has 0 aliphatic rings. The first-order chi connectivity index (χ1) is 14.5. The summed E-state index contributed by atoms with van der Waals surface area (Å²) >= 11 is 26.9. The minimum atomic E-state index is -0.291. The fourth-order valence-electron chi connectivity index (χ4n) is 3.42. The van der Waals surface area contributed by atoms with Gasteiger partial charge in [0, 0.05) is 19.6 Å². The van der Waals surface area contributed by atoms with Crippen LogP contribution >= 0.6 is 46.4 Å². The van der Waals surface area contributed by atoms with Crippen LogP contribution in [-0.2, 0) is 6.54 Å². The molecule has 3 aromatic carbocycles. The van der Waals surface area contributed by atoms with E-state index in [1.807, 2.05) is 78.9 Å². The highest BCUT2D eigenvalue weighted by Gasteiger charge is 2.26. The maximum absolute atomic E-state index is 6.76. The lowest BCUT2D eigenvalue weighted by Crippen LogP contribution is -2.37. The lowest BCUT2D eigenvalue weighted by molar-refractivity contribution is 0.261. The van der Waals surface area contributed by atoms with Gasteiger partial charge >= 0.3 is 0 Å². The highest BCUT2D eigenvalue weighted by Crippen LogP contribution is 2.31. The number of nitrogens with zero attached hydrogens (tertiary/aromatic N) is 1. The Balaban J connectivity index is 1.71. The van der Waals surface area contributed by atoms with Gasteiger partial charge in [0.05, 0.1) is 21.5 Å². The van der Waals surface area contributed by atoms with Crippen LogP contribution < -0.4 is 0 Å². The van der Waals surface area contributed by atoms with Crippen molar-refractivity contribution in [3.63, 3.8) is 0 Å². The molecule has 0 aromatic heterocycles. The molecule has 0 saturated carbocycles. The number of hydrogen-bond acceptors (Lipinski definition) is 1. The van der Waals surface area contributed by atoms with E-state index in [4.69, 9.17) is 46.4 Å². The zero-order valence-electron chi connectivity index (χ0n) is 16.6. The molecule has 3 rings (SSSR count). The second kappa shape index (κ2) is 12.0. The Morgan fingerprint density at radius 3 is 1.30 bits per heavy atom. The molecule has 0 bridgehead atoms. The van der Waals surface area contributed by atoms with E-state index in [-0.39, 0.29) is 21.5 Å². The Morgan fingerprint density at radius 1 is 0.533 bits per heavy atom. The third-order valence-electron chi connectivity index (χ3n) is 4.99. The fourth-order valence-corrected chi connectivity index (χ4v) is 4.55. The first-order valence-corrected chi connectivity index (χ1v) is 11.7. The topological polar surface area (TPSA) is 3.24 Å². The van der Waals surface area contributed by atoms with E-state index in [0.29, 0.717) is 13.1 Å². The second-order valence-electron chi connectivity index (χ2n) is 7.34. The molecule has 0 fully saturated rings. The summed E-state index contributed by atoms with van der Waals surface area (Å²) in [4.78, 5) is 2.24. The van der Waals surface area contributed by atoms with E-state index >= 15 is 0 Å². The van der Waals surface area contributed by atoms with Crippen molar-refractivity contribution in [1.29, 1.82) is 0 Å². The van der Waals surface area contributed by atoms with Crippen molar-refractivity contribution in [3.8, 4) is 0 Å². The largest absolute Gasteiger partial charge is 0.296 e. The summed E-state index contributed by atoms with van der Waals surface area (Å²) in [6.45, 7) is 1.92. The SMILES string of the molecule is ClC(CN(Cc1ccccc1)CC(Cl)C(Cl)c1ccccc1)C(Cl)c1ccccc1. The van der Waals surface area contributed by atoms with Crippen molar-refractivity contribution in [1.82, 2.24) is 4.90 Å². The third kappa shape index (κ3) is 6.90. The maximum Gasteiger partial charge on any atom is 0.0761 e. The minimum absolute atomic E-state index is 0.271. The van der Waals surface area contributed by atoms with Gasteiger partial charge in [0.25, 0.3) is 0 Å². The van der Waals surface area contributed by atoms with Gasteiger partial charge in [-0.15, -0.1) is 46.4 Å². The molecule has 0 aliphatic carbocycles. The molecule has 0 N–H and O–H groups in total. The van der Waals surface area contributed by atoms with E-state index in [9.17, 15) is 0 Å². The molecule has 5 heteroatoms. The van der Waals surface area contributed by atoms with E-state index in [0.717, 1.165) is 17.7 Å². The summed E-state index contributed by atoms with van der Waals surface area (Å²) in [6, 6.07) is 30.1. The van der Waals surface area contributed by atoms with Crippen molar-refractivity contribution in [2.75, 3.05) is 13.1 Å². The van der Waals surface area contributed by atoms with Gasteiger partial charge in [-0.3, -0.25) is 4.90 Å². The van der Waals surface area contributed by atoms with Crippen molar-refractivity contribution in [2.45, 2.75) is 28.1 Å².